The SMILES string of the molecule is CCCCCN1CCNC(C)(c2ccccc2)C1. The van der Waals surface area contributed by atoms with Gasteiger partial charge >= 0.3 is 0 Å². The van der Waals surface area contributed by atoms with Crippen LogP contribution in [-0.4, -0.2) is 31.1 Å². The molecule has 1 aromatic rings. The minimum Gasteiger partial charge on any atom is -0.305 e. The van der Waals surface area contributed by atoms with Gasteiger partial charge < -0.3 is 5.32 Å². The number of rotatable bonds is 5. The molecule has 1 saturated heterocycles. The highest BCUT2D eigenvalue weighted by molar-refractivity contribution is 5.24. The van der Waals surface area contributed by atoms with E-state index in [1.807, 2.05) is 0 Å². The lowest BCUT2D eigenvalue weighted by Gasteiger charge is -2.42. The van der Waals surface area contributed by atoms with Crippen molar-refractivity contribution in [3.8, 4) is 0 Å². The van der Waals surface area contributed by atoms with Gasteiger partial charge in [0.25, 0.3) is 0 Å². The number of hydrogen-bond acceptors (Lipinski definition) is 2. The zero-order valence-electron chi connectivity index (χ0n) is 11.8. The summed E-state index contributed by atoms with van der Waals surface area (Å²) in [6.07, 6.45) is 4.00. The van der Waals surface area contributed by atoms with E-state index < -0.39 is 0 Å². The first kappa shape index (κ1) is 13.6. The van der Waals surface area contributed by atoms with Crippen LogP contribution in [0.1, 0.15) is 38.7 Å². The summed E-state index contributed by atoms with van der Waals surface area (Å²) in [5.74, 6) is 0. The smallest absolute Gasteiger partial charge is 0.0535 e. The van der Waals surface area contributed by atoms with Gasteiger partial charge in [-0.15, -0.1) is 0 Å². The molecule has 1 heterocycles. The first-order valence-corrected chi connectivity index (χ1v) is 7.27. The number of nitrogens with zero attached hydrogens (tertiary/aromatic N) is 1. The average Bonchev–Trinajstić information content (AvgIpc) is 2.40. The lowest BCUT2D eigenvalue weighted by molar-refractivity contribution is 0.141. The maximum absolute atomic E-state index is 3.69. The molecule has 2 heteroatoms. The summed E-state index contributed by atoms with van der Waals surface area (Å²) in [5, 5.41) is 3.69. The Morgan fingerprint density at radius 3 is 2.72 bits per heavy atom. The van der Waals surface area contributed by atoms with Crippen LogP contribution < -0.4 is 5.32 Å². The molecule has 1 unspecified atom stereocenters. The van der Waals surface area contributed by atoms with Crippen LogP contribution in [0.4, 0.5) is 0 Å². The summed E-state index contributed by atoms with van der Waals surface area (Å²) in [6, 6.07) is 10.8. The molecule has 2 nitrogen and oxygen atoms in total. The van der Waals surface area contributed by atoms with E-state index in [0.717, 1.165) is 13.1 Å². The fraction of sp³-hybridized carbons (Fsp3) is 0.625. The van der Waals surface area contributed by atoms with Gasteiger partial charge in [0.15, 0.2) is 0 Å². The molecular formula is C16H26N2. The quantitative estimate of drug-likeness (QED) is 0.804. The van der Waals surface area contributed by atoms with Crippen molar-refractivity contribution < 1.29 is 0 Å². The number of nitrogens with one attached hydrogen (secondary N) is 1. The predicted molar refractivity (Wildman–Crippen MR) is 77.8 cm³/mol. The van der Waals surface area contributed by atoms with Crippen molar-refractivity contribution in [1.82, 2.24) is 10.2 Å². The van der Waals surface area contributed by atoms with Crippen molar-refractivity contribution in [3.05, 3.63) is 35.9 Å². The van der Waals surface area contributed by atoms with Gasteiger partial charge in [-0.2, -0.15) is 0 Å². The van der Waals surface area contributed by atoms with Crippen molar-refractivity contribution in [1.29, 1.82) is 0 Å². The van der Waals surface area contributed by atoms with Gasteiger partial charge in [-0.25, -0.2) is 0 Å². The number of unbranched alkanes of at least 4 members (excludes halogenated alkanes) is 2. The first-order chi connectivity index (χ1) is 8.74. The third-order valence-electron chi connectivity index (χ3n) is 3.97. The molecule has 1 N–H and O–H groups in total. The normalized spacial score (nSPS) is 25.2. The number of hydrogen-bond donors (Lipinski definition) is 1. The molecule has 0 radical (unpaired) electrons. The summed E-state index contributed by atoms with van der Waals surface area (Å²) in [5.41, 5.74) is 1.52. The van der Waals surface area contributed by atoms with E-state index in [1.165, 1.54) is 37.9 Å². The molecule has 0 spiro atoms. The van der Waals surface area contributed by atoms with Gasteiger partial charge in [-0.1, -0.05) is 50.1 Å². The van der Waals surface area contributed by atoms with E-state index >= 15 is 0 Å². The van der Waals surface area contributed by atoms with Gasteiger partial charge in [0.2, 0.25) is 0 Å². The molecule has 1 aliphatic rings. The van der Waals surface area contributed by atoms with Crippen LogP contribution in [0.2, 0.25) is 0 Å². The lowest BCUT2D eigenvalue weighted by Crippen LogP contribution is -2.56. The fourth-order valence-electron chi connectivity index (χ4n) is 2.85. The van der Waals surface area contributed by atoms with Gasteiger partial charge in [0, 0.05) is 19.6 Å². The molecule has 0 amide bonds. The lowest BCUT2D eigenvalue weighted by atomic mass is 9.89. The summed E-state index contributed by atoms with van der Waals surface area (Å²) >= 11 is 0. The van der Waals surface area contributed by atoms with Crippen LogP contribution in [0.3, 0.4) is 0 Å². The molecule has 1 fully saturated rings. The minimum atomic E-state index is 0.117. The highest BCUT2D eigenvalue weighted by Gasteiger charge is 2.31. The fourth-order valence-corrected chi connectivity index (χ4v) is 2.85. The Morgan fingerprint density at radius 2 is 2.00 bits per heavy atom. The molecule has 1 atom stereocenters. The Hall–Kier alpha value is -0.860. The molecule has 1 aromatic carbocycles. The van der Waals surface area contributed by atoms with Crippen LogP contribution in [0.5, 0.6) is 0 Å². The van der Waals surface area contributed by atoms with Crippen LogP contribution >= 0.6 is 0 Å². The monoisotopic (exact) mass is 246 g/mol. The molecule has 2 rings (SSSR count). The average molecular weight is 246 g/mol. The largest absolute Gasteiger partial charge is 0.305 e. The summed E-state index contributed by atoms with van der Waals surface area (Å²) < 4.78 is 0. The van der Waals surface area contributed by atoms with Gasteiger partial charge in [-0.3, -0.25) is 4.90 Å². The maximum Gasteiger partial charge on any atom is 0.0535 e. The Morgan fingerprint density at radius 1 is 1.22 bits per heavy atom. The Labute approximate surface area is 111 Å². The molecule has 1 aliphatic heterocycles. The standard InChI is InChI=1S/C16H26N2/c1-3-4-8-12-18-13-11-17-16(2,14-18)15-9-6-5-7-10-15/h5-7,9-10,17H,3-4,8,11-14H2,1-2H3. The number of benzene rings is 1. The molecule has 0 saturated carbocycles. The van der Waals surface area contributed by atoms with E-state index in [4.69, 9.17) is 0 Å². The Kier molecular flexibility index (Phi) is 4.79. The van der Waals surface area contributed by atoms with Gasteiger partial charge in [0.05, 0.1) is 5.54 Å². The van der Waals surface area contributed by atoms with Gasteiger partial charge in [-0.05, 0) is 25.5 Å². The molecule has 0 aromatic heterocycles. The summed E-state index contributed by atoms with van der Waals surface area (Å²) in [4.78, 5) is 2.61. The van der Waals surface area contributed by atoms with Gasteiger partial charge in [0.1, 0.15) is 0 Å². The minimum absolute atomic E-state index is 0.117. The van der Waals surface area contributed by atoms with Crippen molar-refractivity contribution in [2.24, 2.45) is 0 Å². The maximum atomic E-state index is 3.69. The van der Waals surface area contributed by atoms with E-state index in [9.17, 15) is 0 Å². The Bertz CT molecular complexity index is 349. The molecule has 100 valence electrons. The highest BCUT2D eigenvalue weighted by Crippen LogP contribution is 2.24. The molecular weight excluding hydrogens is 220 g/mol. The van der Waals surface area contributed by atoms with Crippen LogP contribution in [0.15, 0.2) is 30.3 Å². The van der Waals surface area contributed by atoms with Crippen molar-refractivity contribution in [2.45, 2.75) is 38.6 Å². The van der Waals surface area contributed by atoms with Crippen molar-refractivity contribution >= 4 is 0 Å². The van der Waals surface area contributed by atoms with Crippen LogP contribution in [0, 0.1) is 0 Å². The van der Waals surface area contributed by atoms with Crippen molar-refractivity contribution in [2.75, 3.05) is 26.2 Å². The zero-order valence-corrected chi connectivity index (χ0v) is 11.8. The highest BCUT2D eigenvalue weighted by atomic mass is 15.2. The summed E-state index contributed by atoms with van der Waals surface area (Å²) in [6.45, 7) is 9.25. The number of piperazine rings is 1. The molecule has 0 aliphatic carbocycles. The van der Waals surface area contributed by atoms with E-state index in [-0.39, 0.29) is 5.54 Å². The summed E-state index contributed by atoms with van der Waals surface area (Å²) in [7, 11) is 0. The van der Waals surface area contributed by atoms with Crippen LogP contribution in [-0.2, 0) is 5.54 Å². The Balaban J connectivity index is 1.97. The first-order valence-electron chi connectivity index (χ1n) is 7.27. The predicted octanol–water partition coefficient (Wildman–Crippen LogP) is 3.00. The second kappa shape index (κ2) is 6.35. The van der Waals surface area contributed by atoms with E-state index in [0.29, 0.717) is 0 Å². The van der Waals surface area contributed by atoms with E-state index in [2.05, 4.69) is 54.4 Å². The third kappa shape index (κ3) is 3.33. The van der Waals surface area contributed by atoms with Crippen molar-refractivity contribution in [3.63, 3.8) is 0 Å². The van der Waals surface area contributed by atoms with E-state index in [1.54, 1.807) is 0 Å². The second-order valence-electron chi connectivity index (χ2n) is 5.61. The second-order valence-corrected chi connectivity index (χ2v) is 5.61. The third-order valence-corrected chi connectivity index (χ3v) is 3.97. The zero-order chi connectivity index (χ0) is 12.8. The van der Waals surface area contributed by atoms with Crippen LogP contribution in [0.25, 0.3) is 0 Å². The molecule has 18 heavy (non-hydrogen) atoms. The molecule has 0 bridgehead atoms. The topological polar surface area (TPSA) is 15.3 Å².